The number of thiophene rings is 1. The molecule has 28 heavy (non-hydrogen) atoms. The number of hydrogen-bond acceptors (Lipinski definition) is 4. The molecule has 0 fully saturated rings. The normalized spacial score (nSPS) is 14.8. The van der Waals surface area contributed by atoms with Gasteiger partial charge in [-0.1, -0.05) is 26.3 Å². The number of hydrogen-bond donors (Lipinski definition) is 2. The van der Waals surface area contributed by atoms with Gasteiger partial charge in [-0.15, -0.1) is 45.5 Å². The third kappa shape index (κ3) is 6.17. The standard InChI is InChI=1S/C20H32N6S.HI/c1-20(2,16-9-8-14-27-16)15-23-19(21-3)22-12-7-11-18-25-24-17-10-5-4-6-13-26(17)18;/h8-9,14H,4-7,10-13,15H2,1-3H3,(H2,21,22,23);1H. The van der Waals surface area contributed by atoms with E-state index >= 15 is 0 Å². The highest BCUT2D eigenvalue weighted by molar-refractivity contribution is 14.0. The number of halogens is 1. The Labute approximate surface area is 189 Å². The third-order valence-corrected chi connectivity index (χ3v) is 6.40. The molecule has 2 N–H and O–H groups in total. The Balaban J connectivity index is 0.00000280. The van der Waals surface area contributed by atoms with E-state index in [9.17, 15) is 0 Å². The van der Waals surface area contributed by atoms with E-state index in [0.717, 1.165) is 50.7 Å². The molecular formula is C20H33IN6S. The molecule has 156 valence electrons. The van der Waals surface area contributed by atoms with Crippen molar-refractivity contribution in [1.29, 1.82) is 0 Å². The second kappa shape index (κ2) is 11.1. The second-order valence-electron chi connectivity index (χ2n) is 7.81. The maximum absolute atomic E-state index is 4.41. The molecule has 0 amide bonds. The second-order valence-corrected chi connectivity index (χ2v) is 8.76. The molecule has 2 aromatic heterocycles. The van der Waals surface area contributed by atoms with E-state index in [1.54, 1.807) is 11.3 Å². The zero-order valence-corrected chi connectivity index (χ0v) is 20.3. The van der Waals surface area contributed by atoms with Crippen LogP contribution in [0.25, 0.3) is 0 Å². The topological polar surface area (TPSA) is 67.1 Å². The van der Waals surface area contributed by atoms with Crippen molar-refractivity contribution in [2.24, 2.45) is 4.99 Å². The molecule has 0 unspecified atom stereocenters. The van der Waals surface area contributed by atoms with Crippen molar-refractivity contribution >= 4 is 41.3 Å². The average molecular weight is 516 g/mol. The van der Waals surface area contributed by atoms with Crippen molar-refractivity contribution in [2.45, 2.75) is 64.3 Å². The molecule has 3 rings (SSSR count). The van der Waals surface area contributed by atoms with E-state index in [1.165, 1.54) is 30.0 Å². The number of aliphatic imine (C=N–C) groups is 1. The van der Waals surface area contributed by atoms with Gasteiger partial charge in [-0.3, -0.25) is 4.99 Å². The molecule has 0 aromatic carbocycles. The first-order chi connectivity index (χ1) is 13.1. The molecule has 8 heteroatoms. The Bertz CT molecular complexity index is 738. The van der Waals surface area contributed by atoms with Gasteiger partial charge >= 0.3 is 0 Å². The minimum atomic E-state index is 0. The molecule has 6 nitrogen and oxygen atoms in total. The van der Waals surface area contributed by atoms with E-state index < -0.39 is 0 Å². The zero-order chi connectivity index (χ0) is 19.1. The van der Waals surface area contributed by atoms with Crippen molar-refractivity contribution in [3.05, 3.63) is 34.0 Å². The summed E-state index contributed by atoms with van der Waals surface area (Å²) in [6.45, 7) is 7.32. The van der Waals surface area contributed by atoms with E-state index in [1.807, 2.05) is 7.05 Å². The quantitative estimate of drug-likeness (QED) is 0.255. The van der Waals surface area contributed by atoms with E-state index in [-0.39, 0.29) is 29.4 Å². The third-order valence-electron chi connectivity index (χ3n) is 5.17. The van der Waals surface area contributed by atoms with Gasteiger partial charge in [0.1, 0.15) is 11.6 Å². The van der Waals surface area contributed by atoms with Crippen molar-refractivity contribution in [1.82, 2.24) is 25.4 Å². The SMILES string of the molecule is CN=C(NCCCc1nnc2n1CCCCC2)NCC(C)(C)c1cccs1.I. The predicted octanol–water partition coefficient (Wildman–Crippen LogP) is 3.76. The molecule has 0 radical (unpaired) electrons. The van der Waals surface area contributed by atoms with Gasteiger partial charge in [0, 0.05) is 49.8 Å². The van der Waals surface area contributed by atoms with E-state index in [0.29, 0.717) is 0 Å². The summed E-state index contributed by atoms with van der Waals surface area (Å²) in [7, 11) is 1.83. The van der Waals surface area contributed by atoms with Crippen molar-refractivity contribution in [2.75, 3.05) is 20.1 Å². The molecule has 0 aliphatic carbocycles. The summed E-state index contributed by atoms with van der Waals surface area (Å²) in [5.74, 6) is 3.17. The summed E-state index contributed by atoms with van der Waals surface area (Å²) >= 11 is 1.81. The molecule has 1 aliphatic rings. The number of nitrogens with one attached hydrogen (secondary N) is 2. The molecule has 3 heterocycles. The van der Waals surface area contributed by atoms with Crippen molar-refractivity contribution in [3.8, 4) is 0 Å². The Morgan fingerprint density at radius 3 is 2.86 bits per heavy atom. The largest absolute Gasteiger partial charge is 0.356 e. The van der Waals surface area contributed by atoms with E-state index in [4.69, 9.17) is 0 Å². The van der Waals surface area contributed by atoms with Gasteiger partial charge in [0.25, 0.3) is 0 Å². The number of aryl methyl sites for hydroxylation is 2. The van der Waals surface area contributed by atoms with Crippen LogP contribution in [0, 0.1) is 0 Å². The van der Waals surface area contributed by atoms with Crippen molar-refractivity contribution in [3.63, 3.8) is 0 Å². The molecule has 1 aliphatic heterocycles. The average Bonchev–Trinajstić information content (AvgIpc) is 3.27. The van der Waals surface area contributed by atoms with Gasteiger partial charge in [0.15, 0.2) is 5.96 Å². The highest BCUT2D eigenvalue weighted by atomic mass is 127. The first-order valence-corrected chi connectivity index (χ1v) is 10.9. The highest BCUT2D eigenvalue weighted by Crippen LogP contribution is 2.26. The summed E-state index contributed by atoms with van der Waals surface area (Å²) in [5.41, 5.74) is 0.0882. The van der Waals surface area contributed by atoms with Crippen LogP contribution in [0.3, 0.4) is 0 Å². The Hall–Kier alpha value is -1.16. The van der Waals surface area contributed by atoms with Crippen LogP contribution in [-0.2, 0) is 24.8 Å². The van der Waals surface area contributed by atoms with Gasteiger partial charge < -0.3 is 15.2 Å². The molecule has 0 saturated carbocycles. The van der Waals surface area contributed by atoms with Crippen LogP contribution in [0.1, 0.15) is 56.1 Å². The van der Waals surface area contributed by atoms with Gasteiger partial charge in [-0.25, -0.2) is 0 Å². The van der Waals surface area contributed by atoms with Crippen LogP contribution in [0.4, 0.5) is 0 Å². The lowest BCUT2D eigenvalue weighted by Crippen LogP contribution is -2.43. The number of fused-ring (bicyclic) bond motifs is 1. The highest BCUT2D eigenvalue weighted by Gasteiger charge is 2.22. The number of nitrogens with zero attached hydrogens (tertiary/aromatic N) is 4. The number of guanidine groups is 1. The Morgan fingerprint density at radius 2 is 2.11 bits per heavy atom. The minimum absolute atomic E-state index is 0. The summed E-state index contributed by atoms with van der Waals surface area (Å²) in [4.78, 5) is 5.74. The number of aromatic nitrogens is 3. The molecule has 0 saturated heterocycles. The molecule has 0 spiro atoms. The predicted molar refractivity (Wildman–Crippen MR) is 128 cm³/mol. The molecule has 0 bridgehead atoms. The van der Waals surface area contributed by atoms with Crippen molar-refractivity contribution < 1.29 is 0 Å². The van der Waals surface area contributed by atoms with E-state index in [2.05, 4.69) is 61.8 Å². The Kier molecular flexibility index (Phi) is 9.20. The smallest absolute Gasteiger partial charge is 0.191 e. The zero-order valence-electron chi connectivity index (χ0n) is 17.2. The van der Waals surface area contributed by atoms with Crippen LogP contribution in [0.2, 0.25) is 0 Å². The monoisotopic (exact) mass is 516 g/mol. The van der Waals surface area contributed by atoms with Gasteiger partial charge in [-0.2, -0.15) is 0 Å². The maximum atomic E-state index is 4.41. The summed E-state index contributed by atoms with van der Waals surface area (Å²) in [6, 6.07) is 4.31. The van der Waals surface area contributed by atoms with Gasteiger partial charge in [0.2, 0.25) is 0 Å². The van der Waals surface area contributed by atoms with Gasteiger partial charge in [-0.05, 0) is 30.7 Å². The molecular weight excluding hydrogens is 483 g/mol. The summed E-state index contributed by atoms with van der Waals surface area (Å²) in [5, 5.41) is 17.8. The maximum Gasteiger partial charge on any atom is 0.191 e. The molecule has 0 atom stereocenters. The fraction of sp³-hybridized carbons (Fsp3) is 0.650. The minimum Gasteiger partial charge on any atom is -0.356 e. The van der Waals surface area contributed by atoms with Crippen LogP contribution < -0.4 is 10.6 Å². The lowest BCUT2D eigenvalue weighted by atomic mass is 9.91. The summed E-state index contributed by atoms with van der Waals surface area (Å²) < 4.78 is 2.34. The first kappa shape index (κ1) is 23.1. The van der Waals surface area contributed by atoms with Gasteiger partial charge in [0.05, 0.1) is 0 Å². The van der Waals surface area contributed by atoms with Crippen LogP contribution in [-0.4, -0.2) is 40.9 Å². The lowest BCUT2D eigenvalue weighted by Gasteiger charge is -2.25. The van der Waals surface area contributed by atoms with Crippen LogP contribution >= 0.6 is 35.3 Å². The summed E-state index contributed by atoms with van der Waals surface area (Å²) in [6.07, 6.45) is 6.83. The lowest BCUT2D eigenvalue weighted by molar-refractivity contribution is 0.518. The fourth-order valence-corrected chi connectivity index (χ4v) is 4.31. The fourth-order valence-electron chi connectivity index (χ4n) is 3.46. The first-order valence-electron chi connectivity index (χ1n) is 9.99. The molecule has 2 aromatic rings. The van der Waals surface area contributed by atoms with Crippen LogP contribution in [0.5, 0.6) is 0 Å². The van der Waals surface area contributed by atoms with Crippen LogP contribution in [0.15, 0.2) is 22.5 Å². The Morgan fingerprint density at radius 1 is 1.25 bits per heavy atom. The number of rotatable bonds is 7.